The van der Waals surface area contributed by atoms with E-state index in [1.165, 1.54) is 24.3 Å². The highest BCUT2D eigenvalue weighted by molar-refractivity contribution is 7.97. The molecule has 3 rings (SSSR count). The van der Waals surface area contributed by atoms with E-state index in [-0.39, 0.29) is 5.69 Å². The number of halogens is 1. The molecule has 4 nitrogen and oxygen atoms in total. The maximum absolute atomic E-state index is 13.2. The molecule has 0 unspecified atom stereocenters. The first kappa shape index (κ1) is 19.6. The van der Waals surface area contributed by atoms with Crippen LogP contribution in [0.3, 0.4) is 0 Å². The van der Waals surface area contributed by atoms with E-state index < -0.39 is 17.0 Å². The molecule has 0 N–H and O–H groups in total. The van der Waals surface area contributed by atoms with Crippen LogP contribution in [0.25, 0.3) is 0 Å². The number of thiol groups is 1. The Hall–Kier alpha value is -3.12. The van der Waals surface area contributed by atoms with Gasteiger partial charge >= 0.3 is 0 Å². The molecular weight excluding hydrogens is 377 g/mol. The lowest BCUT2D eigenvalue weighted by molar-refractivity contribution is 0.0996. The zero-order chi connectivity index (χ0) is 19.9. The van der Waals surface area contributed by atoms with Crippen LogP contribution >= 0.6 is 12.6 Å². The molecule has 0 spiro atoms. The van der Waals surface area contributed by atoms with Gasteiger partial charge in [0.15, 0.2) is 0 Å². The summed E-state index contributed by atoms with van der Waals surface area (Å²) in [5.41, 5.74) is 1.36. The Labute approximate surface area is 168 Å². The van der Waals surface area contributed by atoms with E-state index in [4.69, 9.17) is 4.74 Å². The summed E-state index contributed by atoms with van der Waals surface area (Å²) in [5.74, 6) is -0.243. The number of carbonyl (C=O) groups excluding carboxylic acids is 2. The minimum atomic E-state index is -0.744. The summed E-state index contributed by atoms with van der Waals surface area (Å²) < 4.78 is 18.9. The Kier molecular flexibility index (Phi) is 6.45. The number of anilines is 1. The van der Waals surface area contributed by atoms with Gasteiger partial charge < -0.3 is 4.74 Å². The predicted molar refractivity (Wildman–Crippen MR) is 110 cm³/mol. The van der Waals surface area contributed by atoms with Gasteiger partial charge in [0.25, 0.3) is 11.1 Å². The molecule has 0 fully saturated rings. The third kappa shape index (κ3) is 4.78. The molecule has 3 aromatic carbocycles. The Bertz CT molecular complexity index is 961. The highest BCUT2D eigenvalue weighted by atomic mass is 32.1. The van der Waals surface area contributed by atoms with Crippen molar-refractivity contribution in [2.45, 2.75) is 6.42 Å². The summed E-state index contributed by atoms with van der Waals surface area (Å²) >= 11 is 3.82. The molecule has 0 atom stereocenters. The fourth-order valence-corrected chi connectivity index (χ4v) is 2.97. The van der Waals surface area contributed by atoms with E-state index in [0.717, 1.165) is 16.2 Å². The maximum Gasteiger partial charge on any atom is 0.290 e. The first-order chi connectivity index (χ1) is 13.6. The maximum atomic E-state index is 13.2. The summed E-state index contributed by atoms with van der Waals surface area (Å²) in [6.45, 7) is 0.375. The quantitative estimate of drug-likeness (QED) is 0.588. The number of carbonyl (C=O) groups is 2. The molecule has 2 amide bonds. The van der Waals surface area contributed by atoms with Gasteiger partial charge in [-0.05, 0) is 48.0 Å². The molecule has 28 heavy (non-hydrogen) atoms. The van der Waals surface area contributed by atoms with Crippen molar-refractivity contribution < 1.29 is 18.7 Å². The van der Waals surface area contributed by atoms with Crippen LogP contribution in [-0.2, 0) is 6.42 Å². The topological polar surface area (TPSA) is 46.6 Å². The Balaban J connectivity index is 1.80. The van der Waals surface area contributed by atoms with Crippen LogP contribution < -0.4 is 9.64 Å². The number of para-hydroxylation sites is 1. The molecule has 0 bridgehead atoms. The van der Waals surface area contributed by atoms with Gasteiger partial charge in [-0.15, -0.1) is 0 Å². The monoisotopic (exact) mass is 395 g/mol. The SMILES string of the molecule is O=C(S)N(C(=O)c1ccccc1CCOc1ccccc1)c1ccc(F)cc1. The van der Waals surface area contributed by atoms with Crippen molar-refractivity contribution in [1.82, 2.24) is 0 Å². The lowest BCUT2D eigenvalue weighted by Gasteiger charge is -2.20. The summed E-state index contributed by atoms with van der Waals surface area (Å²) in [4.78, 5) is 26.0. The van der Waals surface area contributed by atoms with Crippen LogP contribution in [0.1, 0.15) is 15.9 Å². The molecule has 6 heteroatoms. The summed E-state index contributed by atoms with van der Waals surface area (Å²) in [5, 5.41) is -0.744. The van der Waals surface area contributed by atoms with Crippen LogP contribution in [0, 0.1) is 5.82 Å². The lowest BCUT2D eigenvalue weighted by Crippen LogP contribution is -2.34. The summed E-state index contributed by atoms with van der Waals surface area (Å²) in [6, 6.07) is 21.5. The van der Waals surface area contributed by atoms with Crippen LogP contribution in [0.5, 0.6) is 5.75 Å². The molecule has 0 saturated heterocycles. The number of amides is 2. The van der Waals surface area contributed by atoms with Crippen molar-refractivity contribution >= 4 is 29.5 Å². The van der Waals surface area contributed by atoms with Crippen LogP contribution in [0.4, 0.5) is 14.9 Å². The van der Waals surface area contributed by atoms with Crippen LogP contribution in [0.15, 0.2) is 78.9 Å². The van der Waals surface area contributed by atoms with Crippen molar-refractivity contribution in [3.8, 4) is 5.75 Å². The van der Waals surface area contributed by atoms with Crippen molar-refractivity contribution in [1.29, 1.82) is 0 Å². The Morgan fingerprint density at radius 3 is 2.21 bits per heavy atom. The van der Waals surface area contributed by atoms with Crippen LogP contribution in [0.2, 0.25) is 0 Å². The lowest BCUT2D eigenvalue weighted by atomic mass is 10.0. The van der Waals surface area contributed by atoms with E-state index in [2.05, 4.69) is 12.6 Å². The van der Waals surface area contributed by atoms with Gasteiger partial charge in [-0.1, -0.05) is 49.0 Å². The fraction of sp³-hybridized carbons (Fsp3) is 0.0909. The van der Waals surface area contributed by atoms with Gasteiger partial charge in [0.05, 0.1) is 12.3 Å². The zero-order valence-corrected chi connectivity index (χ0v) is 15.8. The van der Waals surface area contributed by atoms with Gasteiger partial charge in [0, 0.05) is 12.0 Å². The van der Waals surface area contributed by atoms with Gasteiger partial charge in [-0.2, -0.15) is 0 Å². The first-order valence-electron chi connectivity index (χ1n) is 8.65. The number of hydrogen-bond donors (Lipinski definition) is 1. The fourth-order valence-electron chi connectivity index (χ4n) is 2.77. The standard InChI is InChI=1S/C22H18FNO3S/c23-17-10-12-18(13-11-17)24(22(26)28)21(25)20-9-5-4-6-16(20)14-15-27-19-7-2-1-3-8-19/h1-13H,14-15H2,(H,26,28). The number of nitrogens with zero attached hydrogens (tertiary/aromatic N) is 1. The predicted octanol–water partition coefficient (Wildman–Crippen LogP) is 5.14. The second-order valence-electron chi connectivity index (χ2n) is 5.97. The Morgan fingerprint density at radius 2 is 1.54 bits per heavy atom. The molecule has 0 aliphatic carbocycles. The number of hydrogen-bond acceptors (Lipinski definition) is 3. The smallest absolute Gasteiger partial charge is 0.290 e. The first-order valence-corrected chi connectivity index (χ1v) is 9.09. The van der Waals surface area contributed by atoms with E-state index >= 15 is 0 Å². The average Bonchev–Trinajstić information content (AvgIpc) is 2.70. The molecule has 0 heterocycles. The van der Waals surface area contributed by atoms with Gasteiger partial charge in [0.1, 0.15) is 11.6 Å². The molecule has 0 aromatic heterocycles. The van der Waals surface area contributed by atoms with Gasteiger partial charge in [0.2, 0.25) is 0 Å². The van der Waals surface area contributed by atoms with Gasteiger partial charge in [-0.3, -0.25) is 9.59 Å². The number of rotatable bonds is 6. The van der Waals surface area contributed by atoms with E-state index in [9.17, 15) is 14.0 Å². The Morgan fingerprint density at radius 1 is 0.893 bits per heavy atom. The molecular formula is C22H18FNO3S. The van der Waals surface area contributed by atoms with Gasteiger partial charge in [-0.25, -0.2) is 9.29 Å². The number of benzene rings is 3. The number of ether oxygens (including phenoxy) is 1. The van der Waals surface area contributed by atoms with E-state index in [1.807, 2.05) is 42.5 Å². The zero-order valence-electron chi connectivity index (χ0n) is 14.9. The summed E-state index contributed by atoms with van der Waals surface area (Å²) in [6.07, 6.45) is 0.481. The molecule has 142 valence electrons. The summed E-state index contributed by atoms with van der Waals surface area (Å²) in [7, 11) is 0. The van der Waals surface area contributed by atoms with Crippen molar-refractivity contribution in [2.75, 3.05) is 11.5 Å². The largest absolute Gasteiger partial charge is 0.493 e. The van der Waals surface area contributed by atoms with Crippen molar-refractivity contribution in [2.24, 2.45) is 0 Å². The highest BCUT2D eigenvalue weighted by Crippen LogP contribution is 2.22. The van der Waals surface area contributed by atoms with Crippen molar-refractivity contribution in [3.05, 3.63) is 95.8 Å². The molecule has 0 radical (unpaired) electrons. The highest BCUT2D eigenvalue weighted by Gasteiger charge is 2.24. The molecule has 0 aliphatic heterocycles. The van der Waals surface area contributed by atoms with E-state index in [1.54, 1.807) is 12.1 Å². The molecule has 0 saturated carbocycles. The average molecular weight is 395 g/mol. The second kappa shape index (κ2) is 9.19. The minimum Gasteiger partial charge on any atom is -0.493 e. The minimum absolute atomic E-state index is 0.252. The molecule has 0 aliphatic rings. The van der Waals surface area contributed by atoms with E-state index in [0.29, 0.717) is 18.6 Å². The molecule has 3 aromatic rings. The second-order valence-corrected chi connectivity index (χ2v) is 6.35. The third-order valence-electron chi connectivity index (χ3n) is 4.11. The normalized spacial score (nSPS) is 10.4. The number of imide groups is 1. The third-order valence-corrected chi connectivity index (χ3v) is 4.31. The van der Waals surface area contributed by atoms with Crippen LogP contribution in [-0.4, -0.2) is 17.8 Å². The van der Waals surface area contributed by atoms with Crippen molar-refractivity contribution in [3.63, 3.8) is 0 Å².